The number of ketones is 1. The number of amides is 1. The number of halogens is 3. The molecular formula is C35H35F3N7O7P. The average Bonchev–Trinajstić information content (AvgIpc) is 3.11. The summed E-state index contributed by atoms with van der Waals surface area (Å²) in [5.41, 5.74) is 0.341. The predicted octanol–water partition coefficient (Wildman–Crippen LogP) is 7.28. The van der Waals surface area contributed by atoms with Crippen LogP contribution < -0.4 is 21.5 Å². The number of phosphoric ester groups is 1. The van der Waals surface area contributed by atoms with Crippen LogP contribution in [0.5, 0.6) is 0 Å². The Morgan fingerprint density at radius 2 is 1.58 bits per heavy atom. The Labute approximate surface area is 301 Å². The van der Waals surface area contributed by atoms with E-state index in [1.54, 1.807) is 62.4 Å². The third-order valence-corrected chi connectivity index (χ3v) is 9.15. The van der Waals surface area contributed by atoms with Crippen molar-refractivity contribution in [3.8, 4) is 0 Å². The van der Waals surface area contributed by atoms with Gasteiger partial charge < -0.3 is 16.0 Å². The number of alkyl halides is 3. The summed E-state index contributed by atoms with van der Waals surface area (Å²) in [6.07, 6.45) is -3.00. The summed E-state index contributed by atoms with van der Waals surface area (Å²) in [5, 5.41) is 8.40. The molecule has 0 aliphatic rings. The van der Waals surface area contributed by atoms with Gasteiger partial charge in [-0.1, -0.05) is 12.1 Å². The topological polar surface area (TPSA) is 187 Å². The fraction of sp³-hybridized carbons (Fsp3) is 0.257. The lowest BCUT2D eigenvalue weighted by atomic mass is 10.1. The molecular weight excluding hydrogens is 718 g/mol. The average molecular weight is 754 g/mol. The number of hydrogen-bond donors (Lipinski definition) is 4. The molecule has 5 aromatic rings. The van der Waals surface area contributed by atoms with Crippen molar-refractivity contribution in [3.63, 3.8) is 0 Å². The maximum absolute atomic E-state index is 13.7. The number of nitrogens with one attached hydrogen (secondary N) is 4. The van der Waals surface area contributed by atoms with Crippen LogP contribution in [0, 0.1) is 0 Å². The molecule has 0 saturated carbocycles. The zero-order valence-corrected chi connectivity index (χ0v) is 29.6. The second kappa shape index (κ2) is 16.9. The van der Waals surface area contributed by atoms with E-state index in [9.17, 15) is 32.1 Å². The van der Waals surface area contributed by atoms with Gasteiger partial charge in [-0.25, -0.2) is 14.5 Å². The Hall–Kier alpha value is -5.48. The molecule has 0 spiro atoms. The monoisotopic (exact) mass is 753 g/mol. The minimum absolute atomic E-state index is 0.0390. The maximum atomic E-state index is 13.7. The number of carbonyl (C=O) groups is 2. The number of benzene rings is 3. The first-order chi connectivity index (χ1) is 25.3. The van der Waals surface area contributed by atoms with Gasteiger partial charge in [-0.3, -0.25) is 32.9 Å². The third kappa shape index (κ3) is 10.3. The van der Waals surface area contributed by atoms with Gasteiger partial charge in [-0.05, 0) is 87.4 Å². The molecule has 4 N–H and O–H groups in total. The van der Waals surface area contributed by atoms with Crippen molar-refractivity contribution in [1.29, 1.82) is 0 Å². The van der Waals surface area contributed by atoms with Crippen molar-refractivity contribution in [3.05, 3.63) is 111 Å². The normalized spacial score (nSPS) is 11.7. The molecule has 0 aliphatic carbocycles. The van der Waals surface area contributed by atoms with E-state index in [0.29, 0.717) is 29.1 Å². The standard InChI is InChI=1S/C35H35F3N7O7P/c1-4-50-53(49,51-5-2)52-17-16-22-6-11-26(12-7-22)42-32(47)28-15-10-24(35(36,37)38)18-29(28)43-34-44-31-30(33(48)45-34)41-27(20-40-31)19-39-25-13-8-23(9-14-25)21(3)46/h6-15,18,20,39H,4-5,16-17,19H2,1-3H3,(H,42,47)(H2,40,43,44,45,48). The smallest absolute Gasteiger partial charge is 0.379 e. The predicted molar refractivity (Wildman–Crippen MR) is 191 cm³/mol. The van der Waals surface area contributed by atoms with Gasteiger partial charge in [0.05, 0.1) is 55.1 Å². The van der Waals surface area contributed by atoms with Gasteiger partial charge in [0.2, 0.25) is 5.95 Å². The summed E-state index contributed by atoms with van der Waals surface area (Å²) in [4.78, 5) is 53.1. The minimum Gasteiger partial charge on any atom is -0.379 e. The van der Waals surface area contributed by atoms with Crippen molar-refractivity contribution in [2.24, 2.45) is 0 Å². The summed E-state index contributed by atoms with van der Waals surface area (Å²) < 4.78 is 69.2. The van der Waals surface area contributed by atoms with Crippen LogP contribution in [0.3, 0.4) is 0 Å². The van der Waals surface area contributed by atoms with Crippen LogP contribution in [0.1, 0.15) is 58.3 Å². The minimum atomic E-state index is -4.74. The van der Waals surface area contributed by atoms with Crippen LogP contribution in [0.15, 0.2) is 77.7 Å². The lowest BCUT2D eigenvalue weighted by Crippen LogP contribution is -2.18. The highest BCUT2D eigenvalue weighted by Gasteiger charge is 2.32. The zero-order chi connectivity index (χ0) is 38.2. The highest BCUT2D eigenvalue weighted by molar-refractivity contribution is 7.48. The van der Waals surface area contributed by atoms with Gasteiger partial charge in [0.25, 0.3) is 11.5 Å². The highest BCUT2D eigenvalue weighted by atomic mass is 31.2. The first-order valence-corrected chi connectivity index (χ1v) is 17.8. The molecule has 3 aromatic carbocycles. The van der Waals surface area contributed by atoms with Crippen molar-refractivity contribution < 1.29 is 40.9 Å². The molecule has 2 aromatic heterocycles. The molecule has 0 aliphatic heterocycles. The lowest BCUT2D eigenvalue weighted by Gasteiger charge is -2.16. The molecule has 53 heavy (non-hydrogen) atoms. The zero-order valence-electron chi connectivity index (χ0n) is 28.7. The van der Waals surface area contributed by atoms with E-state index in [1.165, 1.54) is 13.1 Å². The van der Waals surface area contributed by atoms with Crippen molar-refractivity contribution in [1.82, 2.24) is 19.9 Å². The maximum Gasteiger partial charge on any atom is 0.474 e. The quantitative estimate of drug-likeness (QED) is 0.0584. The summed E-state index contributed by atoms with van der Waals surface area (Å²) >= 11 is 0. The number of rotatable bonds is 16. The number of H-pyrrole nitrogens is 1. The van der Waals surface area contributed by atoms with Crippen LogP contribution in [0.25, 0.3) is 11.2 Å². The summed E-state index contributed by atoms with van der Waals surface area (Å²) in [7, 11) is -3.67. The SMILES string of the molecule is CCOP(=O)(OCC)OCCc1ccc(NC(=O)c2ccc(C(F)(F)F)cc2Nc2nc3ncc(CNc4ccc(C(C)=O)cc4)nc3c(=O)[nH]2)cc1. The molecule has 0 bridgehead atoms. The Morgan fingerprint density at radius 1 is 0.906 bits per heavy atom. The number of anilines is 4. The van der Waals surface area contributed by atoms with E-state index in [2.05, 4.69) is 35.9 Å². The Morgan fingerprint density at radius 3 is 2.23 bits per heavy atom. The van der Waals surface area contributed by atoms with Gasteiger partial charge in [-0.2, -0.15) is 18.2 Å². The second-order valence-electron chi connectivity index (χ2n) is 11.3. The third-order valence-electron chi connectivity index (χ3n) is 7.50. The fourth-order valence-electron chi connectivity index (χ4n) is 4.92. The number of aromatic amines is 1. The number of hydrogen-bond acceptors (Lipinski definition) is 12. The summed E-state index contributed by atoms with van der Waals surface area (Å²) in [5.74, 6) is -1.09. The number of phosphoric acid groups is 1. The molecule has 278 valence electrons. The summed E-state index contributed by atoms with van der Waals surface area (Å²) in [6, 6.07) is 15.9. The van der Waals surface area contributed by atoms with Gasteiger partial charge in [0.1, 0.15) is 0 Å². The first-order valence-electron chi connectivity index (χ1n) is 16.3. The van der Waals surface area contributed by atoms with E-state index in [-0.39, 0.29) is 60.5 Å². The van der Waals surface area contributed by atoms with E-state index in [0.717, 1.165) is 23.8 Å². The van der Waals surface area contributed by atoms with Crippen molar-refractivity contribution >= 4 is 53.7 Å². The Kier molecular flexibility index (Phi) is 12.4. The van der Waals surface area contributed by atoms with Crippen LogP contribution in [-0.4, -0.2) is 51.4 Å². The van der Waals surface area contributed by atoms with Gasteiger partial charge in [0, 0.05) is 16.9 Å². The molecule has 0 unspecified atom stereocenters. The van der Waals surface area contributed by atoms with Gasteiger partial charge >= 0.3 is 14.0 Å². The molecule has 0 atom stereocenters. The van der Waals surface area contributed by atoms with E-state index in [4.69, 9.17) is 13.6 Å². The van der Waals surface area contributed by atoms with Crippen molar-refractivity contribution in [2.75, 3.05) is 35.8 Å². The van der Waals surface area contributed by atoms with Gasteiger partial charge in [0.15, 0.2) is 16.9 Å². The lowest BCUT2D eigenvalue weighted by molar-refractivity contribution is -0.137. The van der Waals surface area contributed by atoms with Crippen LogP contribution >= 0.6 is 7.82 Å². The molecule has 0 radical (unpaired) electrons. The van der Waals surface area contributed by atoms with E-state index >= 15 is 0 Å². The first kappa shape index (κ1) is 38.7. The van der Waals surface area contributed by atoms with Crippen LogP contribution in [0.4, 0.5) is 36.2 Å². The molecule has 0 fully saturated rings. The van der Waals surface area contributed by atoms with Crippen LogP contribution in [0.2, 0.25) is 0 Å². The number of Topliss-reactive ketones (excluding diaryl/α,β-unsaturated/α-hetero) is 1. The number of carbonyl (C=O) groups excluding carboxylic acids is 2. The molecule has 14 nitrogen and oxygen atoms in total. The molecule has 1 amide bonds. The Bertz CT molecular complexity index is 2190. The van der Waals surface area contributed by atoms with E-state index < -0.39 is 31.0 Å². The molecule has 0 saturated heterocycles. The van der Waals surface area contributed by atoms with Gasteiger partial charge in [-0.15, -0.1) is 0 Å². The van der Waals surface area contributed by atoms with Crippen LogP contribution in [-0.2, 0) is 37.3 Å². The number of nitrogens with zero attached hydrogens (tertiary/aromatic N) is 3. The molecule has 5 rings (SSSR count). The number of fused-ring (bicyclic) bond motifs is 1. The summed E-state index contributed by atoms with van der Waals surface area (Å²) in [6.45, 7) is 5.32. The van der Waals surface area contributed by atoms with Crippen molar-refractivity contribution in [2.45, 2.75) is 39.9 Å². The van der Waals surface area contributed by atoms with E-state index in [1.807, 2.05) is 0 Å². The highest BCUT2D eigenvalue weighted by Crippen LogP contribution is 2.49. The number of aromatic nitrogens is 4. The second-order valence-corrected chi connectivity index (χ2v) is 13.0. The Balaban J connectivity index is 1.30. The molecule has 18 heteroatoms. The largest absolute Gasteiger partial charge is 0.474 e. The molecule has 2 heterocycles. The fourth-order valence-corrected chi connectivity index (χ4v) is 6.09.